The maximum atomic E-state index is 14.6. The zero-order chi connectivity index (χ0) is 105. The minimum atomic E-state index is -2.34. The van der Waals surface area contributed by atoms with Crippen LogP contribution in [0.2, 0.25) is 18.1 Å². The Kier molecular flexibility index (Phi) is 32.9. The van der Waals surface area contributed by atoms with E-state index in [0.29, 0.717) is 85.2 Å². The van der Waals surface area contributed by atoms with Gasteiger partial charge >= 0.3 is 18.0 Å². The molecule has 18 rings (SSSR count). The second kappa shape index (κ2) is 44.9. The van der Waals surface area contributed by atoms with E-state index < -0.39 is 115 Å². The number of amides is 8. The number of carboxylic acid groups (broad SMARTS) is 2. The van der Waals surface area contributed by atoms with Crippen LogP contribution < -0.4 is 31.0 Å². The fourth-order valence-electron chi connectivity index (χ4n) is 16.1. The minimum Gasteiger partial charge on any atom is -0.543 e. The van der Waals surface area contributed by atoms with E-state index in [4.69, 9.17) is 25.1 Å². The van der Waals surface area contributed by atoms with Gasteiger partial charge in [-0.05, 0) is 218 Å². The molecule has 0 aliphatic carbocycles. The van der Waals surface area contributed by atoms with Crippen molar-refractivity contribution in [2.75, 3.05) is 47.0 Å². The molecule has 8 heterocycles. The first-order chi connectivity index (χ1) is 68.7. The quantitative estimate of drug-likeness (QED) is 0.0236. The summed E-state index contributed by atoms with van der Waals surface area (Å²) in [6.45, 7) is 19.1. The molecule has 145 heavy (non-hydrogen) atoms. The van der Waals surface area contributed by atoms with Gasteiger partial charge in [0.05, 0.1) is 0 Å². The number of carbonyl (C=O) groups excluding carboxylic acids is 8. The SMILES string of the molecule is CC(C)(C)OC(=O)N1CCN(c2ccc(-c3ccc4c(c3)C(=O)N(C(C(=O)Nc3nccs3)c3cc(F)ccc3O)C4)cc2)CC1.CC(C)(C)[Si](C)(C)Oc1ccc(F)cc1C(C(=O)Nc1nccs1)N1Cc2ccc(Br)cc2C1=O.NC(C(=O)O)c1cc(F)ccc1O.O=C(Nc1nccs1)C(c1cc(F)ccc1O)N1Cc2ccc(Br)cc2C1=O.O=C(O)C(c1cc(F)ccc1O)N1Cc2ccc(Br)cc2C1=O. The van der Waals surface area contributed by atoms with Crippen LogP contribution in [0.3, 0.4) is 0 Å². The minimum absolute atomic E-state index is 0.00859. The molecule has 752 valence electrons. The molecule has 43 heteroatoms. The number of carboxylic acids is 2. The number of ether oxygens (including phenoxy) is 1. The smallest absolute Gasteiger partial charge is 0.410 e. The van der Waals surface area contributed by atoms with Gasteiger partial charge in [-0.25, -0.2) is 46.5 Å². The van der Waals surface area contributed by atoms with E-state index in [9.17, 15) is 90.3 Å². The van der Waals surface area contributed by atoms with E-state index in [2.05, 4.69) is 117 Å². The third-order valence-electron chi connectivity index (χ3n) is 24.2. The largest absolute Gasteiger partial charge is 0.543 e. The molecule has 5 aliphatic rings. The summed E-state index contributed by atoms with van der Waals surface area (Å²) in [5, 5.41) is 72.1. The summed E-state index contributed by atoms with van der Waals surface area (Å²) in [6.07, 6.45) is 4.35. The zero-order valence-electron chi connectivity index (χ0n) is 78.3. The number of aliphatic carboxylic acids is 2. The number of benzene rings is 10. The van der Waals surface area contributed by atoms with Crippen molar-refractivity contribution < 1.29 is 110 Å². The molecule has 13 aromatic rings. The number of hydrogen-bond donors (Lipinski definition) is 10. The number of nitrogens with zero attached hydrogens (tertiary/aromatic N) is 9. The second-order valence-electron chi connectivity index (χ2n) is 36.1. The fourth-order valence-corrected chi connectivity index (χ4v) is 19.8. The number of thiazole rings is 3. The third-order valence-corrected chi connectivity index (χ3v) is 32.1. The summed E-state index contributed by atoms with van der Waals surface area (Å²) in [4.78, 5) is 149. The maximum absolute atomic E-state index is 14.6. The van der Waals surface area contributed by atoms with Crippen molar-refractivity contribution in [2.24, 2.45) is 5.73 Å². The van der Waals surface area contributed by atoms with Crippen molar-refractivity contribution in [1.82, 2.24) is 39.5 Å². The molecule has 8 amide bonds. The number of hydrogen-bond acceptors (Lipinski definition) is 24. The third kappa shape index (κ3) is 25.0. The molecule has 5 unspecified atom stereocenters. The highest BCUT2D eigenvalue weighted by molar-refractivity contribution is 9.11. The van der Waals surface area contributed by atoms with E-state index in [-0.39, 0.29) is 94.4 Å². The summed E-state index contributed by atoms with van der Waals surface area (Å²) < 4.78 is 83.1. The molecule has 1 saturated heterocycles. The van der Waals surface area contributed by atoms with Gasteiger partial charge in [0.1, 0.15) is 87.6 Å². The number of anilines is 4. The predicted molar refractivity (Wildman–Crippen MR) is 546 cm³/mol. The van der Waals surface area contributed by atoms with Crippen LogP contribution >= 0.6 is 81.8 Å². The highest BCUT2D eigenvalue weighted by Gasteiger charge is 2.47. The molecule has 31 nitrogen and oxygen atoms in total. The van der Waals surface area contributed by atoms with Crippen molar-refractivity contribution in [1.29, 1.82) is 0 Å². The number of aromatic hydroxyl groups is 4. The molecular formula is C102H93Br3F5N13O18S3Si. The Morgan fingerprint density at radius 2 is 0.738 bits per heavy atom. The van der Waals surface area contributed by atoms with Gasteiger partial charge in [-0.2, -0.15) is 0 Å². The van der Waals surface area contributed by atoms with Gasteiger partial charge in [0.2, 0.25) is 8.32 Å². The Bertz CT molecular complexity index is 7130. The number of nitrogens with two attached hydrogens (primary N) is 1. The molecule has 3 aromatic heterocycles. The van der Waals surface area contributed by atoms with Gasteiger partial charge in [0.25, 0.3) is 41.4 Å². The number of phenols is 4. The molecule has 1 fully saturated rings. The normalized spacial score (nSPS) is 14.6. The lowest BCUT2D eigenvalue weighted by atomic mass is 10.00. The number of aromatic nitrogens is 3. The molecule has 0 spiro atoms. The van der Waals surface area contributed by atoms with Crippen LogP contribution in [0.15, 0.2) is 236 Å². The topological polar surface area (TPSA) is 431 Å². The second-order valence-corrected chi connectivity index (χ2v) is 46.3. The van der Waals surface area contributed by atoms with Crippen LogP contribution in [0.5, 0.6) is 28.7 Å². The summed E-state index contributed by atoms with van der Waals surface area (Å²) in [6, 6.07) is 39.7. The summed E-state index contributed by atoms with van der Waals surface area (Å²) in [5.41, 5.74) is 12.2. The van der Waals surface area contributed by atoms with Gasteiger partial charge in [0.15, 0.2) is 21.4 Å². The highest BCUT2D eigenvalue weighted by Crippen LogP contribution is 2.46. The van der Waals surface area contributed by atoms with E-state index in [0.717, 1.165) is 108 Å². The lowest BCUT2D eigenvalue weighted by Crippen LogP contribution is -2.50. The summed E-state index contributed by atoms with van der Waals surface area (Å²) in [5.74, 6) is -9.84. The van der Waals surface area contributed by atoms with Crippen LogP contribution in [0.4, 0.5) is 47.8 Å². The van der Waals surface area contributed by atoms with Gasteiger partial charge in [-0.1, -0.05) is 111 Å². The van der Waals surface area contributed by atoms with Crippen LogP contribution in [0.1, 0.15) is 163 Å². The van der Waals surface area contributed by atoms with Gasteiger partial charge in [0, 0.05) is 156 Å². The average molecular weight is 2250 g/mol. The monoisotopic (exact) mass is 2240 g/mol. The molecule has 5 atom stereocenters. The highest BCUT2D eigenvalue weighted by atomic mass is 79.9. The Labute approximate surface area is 865 Å². The first kappa shape index (κ1) is 106. The van der Waals surface area contributed by atoms with E-state index in [1.807, 2.05) is 69.3 Å². The average Bonchev–Trinajstić information content (AvgIpc) is 1.65. The lowest BCUT2D eigenvalue weighted by Gasteiger charge is -2.38. The van der Waals surface area contributed by atoms with Gasteiger partial charge in [-0.3, -0.25) is 54.3 Å². The number of nitrogens with one attached hydrogen (secondary N) is 3. The summed E-state index contributed by atoms with van der Waals surface area (Å²) >= 11 is 13.7. The number of fused-ring (bicyclic) bond motifs is 4. The van der Waals surface area contributed by atoms with E-state index >= 15 is 0 Å². The van der Waals surface area contributed by atoms with Crippen molar-refractivity contribution >= 4 is 171 Å². The first-order valence-electron chi connectivity index (χ1n) is 44.5. The van der Waals surface area contributed by atoms with Gasteiger partial charge in [-0.15, -0.1) is 34.0 Å². The van der Waals surface area contributed by atoms with E-state index in [1.54, 1.807) is 81.8 Å². The van der Waals surface area contributed by atoms with Crippen molar-refractivity contribution in [3.63, 3.8) is 0 Å². The fraction of sp³-hybridized carbons (Fsp3) is 0.225. The lowest BCUT2D eigenvalue weighted by molar-refractivity contribution is -0.143. The Balaban J connectivity index is 0.000000151. The summed E-state index contributed by atoms with van der Waals surface area (Å²) in [7, 11) is -2.34. The molecule has 0 bridgehead atoms. The van der Waals surface area contributed by atoms with Crippen LogP contribution in [0.25, 0.3) is 11.1 Å². The van der Waals surface area contributed by atoms with Crippen LogP contribution in [-0.4, -0.2) is 170 Å². The van der Waals surface area contributed by atoms with Crippen molar-refractivity contribution in [3.8, 4) is 39.9 Å². The Morgan fingerprint density at radius 3 is 1.09 bits per heavy atom. The molecule has 10 aromatic carbocycles. The van der Waals surface area contributed by atoms with Gasteiger partial charge < -0.3 is 74.9 Å². The molecule has 0 radical (unpaired) electrons. The molecule has 0 saturated carbocycles. The molecule has 11 N–H and O–H groups in total. The van der Waals surface area contributed by atoms with Crippen LogP contribution in [-0.2, 0) is 54.9 Å². The Morgan fingerprint density at radius 1 is 0.414 bits per heavy atom. The standard InChI is InChI=1S/C34H34FN5O5S.C25H27BrFN3O3SSi.C19H13BrFN3O3S.C16H11BrFNO4.C8H8FNO3/c1-34(2,3)45-33(44)39-15-13-38(14-16-39)25-9-6-21(7-10-25)22-4-5-23-20-40(31(43)26(23)18-22)29(27-19-24(35)8-11-28(27)41)30(42)37-32-36-12-17-46-32;1-25(2,3)35(4,5)33-20-9-8-17(27)13-19(20)21(22(31)29-24-28-10-11-34-24)30-14-15-6-7-16(26)12-18(15)23(30)32;20-11-2-1-10-9-24(18(27)13(10)7-11)16(14-8-12(21)3-4-15(14)25)17(26)23-19-22-5-6-28-19;17-9-2-1-8-7-19(15(21)11(8)5-9)14(16(22)23)12-6-10(18)3-4-13(12)20;9-4-1-2-6(11)5(3-4)7(10)8(12)13/h4-12,17-19,29,41H,13-16,20H2,1-3H3,(H,36,37,42);6-13,21H,14H2,1-5H3,(H,28,29,31);1-8,16,25H,9H2,(H,22,23,26);1-6,14,20H,7H2,(H,22,23);1-3,7,11H,10H2,(H,12,13). The predicted octanol–water partition coefficient (Wildman–Crippen LogP) is 20.6. The van der Waals surface area contributed by atoms with E-state index in [1.165, 1.54) is 85.4 Å². The molecule has 5 aliphatic heterocycles. The number of rotatable bonds is 21. The number of halogens is 8. The van der Waals surface area contributed by atoms with Crippen molar-refractivity contribution in [2.45, 2.75) is 122 Å². The number of piperazine rings is 1. The zero-order valence-corrected chi connectivity index (χ0v) is 86.5. The first-order valence-corrected chi connectivity index (χ1v) is 52.4. The maximum Gasteiger partial charge on any atom is 0.410 e. The van der Waals surface area contributed by atoms with Crippen molar-refractivity contribution in [3.05, 3.63) is 338 Å². The van der Waals surface area contributed by atoms with Crippen LogP contribution in [0, 0.1) is 29.1 Å². The Hall–Kier alpha value is -14.3. The number of phenolic OH excluding ortho intramolecular Hbond substituents is 4. The number of carbonyl (C=O) groups is 10. The molecular weight excluding hydrogens is 2150 g/mol.